The summed E-state index contributed by atoms with van der Waals surface area (Å²) in [7, 11) is 1.43. The van der Waals surface area contributed by atoms with Gasteiger partial charge < -0.3 is 5.32 Å². The van der Waals surface area contributed by atoms with Crippen LogP contribution in [-0.2, 0) is 0 Å². The van der Waals surface area contributed by atoms with Crippen LogP contribution in [0.15, 0.2) is 18.2 Å². The zero-order chi connectivity index (χ0) is 11.4. The van der Waals surface area contributed by atoms with E-state index >= 15 is 0 Å². The molecule has 0 bridgehead atoms. The van der Waals surface area contributed by atoms with Gasteiger partial charge in [-0.05, 0) is 6.07 Å². The third kappa shape index (κ3) is 2.08. The molecule has 0 unspecified atom stereocenters. The Morgan fingerprint density at radius 2 is 2.27 bits per heavy atom. The molecule has 1 amide bonds. The first-order chi connectivity index (χ1) is 7.10. The Labute approximate surface area is 85.5 Å². The molecule has 1 aromatic rings. The molecule has 0 aliphatic heterocycles. The third-order valence-electron chi connectivity index (χ3n) is 1.78. The van der Waals surface area contributed by atoms with E-state index in [4.69, 9.17) is 6.57 Å². The lowest BCUT2D eigenvalue weighted by molar-refractivity contribution is -0.383. The first kappa shape index (κ1) is 10.7. The summed E-state index contributed by atoms with van der Waals surface area (Å²) in [5.41, 5.74) is -0.268. The van der Waals surface area contributed by atoms with Crippen molar-refractivity contribution < 1.29 is 9.72 Å². The summed E-state index contributed by atoms with van der Waals surface area (Å²) >= 11 is 0. The Morgan fingerprint density at radius 3 is 2.73 bits per heavy atom. The molecule has 6 heteroatoms. The summed E-state index contributed by atoms with van der Waals surface area (Å²) in [5, 5.41) is 12.9. The minimum absolute atomic E-state index is 0.0762. The first-order valence-electron chi connectivity index (χ1n) is 3.98. The highest BCUT2D eigenvalue weighted by Gasteiger charge is 2.16. The van der Waals surface area contributed by atoms with Gasteiger partial charge >= 0.3 is 0 Å². The average Bonchev–Trinajstić information content (AvgIpc) is 2.27. The quantitative estimate of drug-likeness (QED) is 0.451. The number of nitrogens with one attached hydrogen (secondary N) is 1. The molecule has 0 heterocycles. The molecule has 76 valence electrons. The number of hydrogen-bond donors (Lipinski definition) is 1. The second-order valence-corrected chi connectivity index (χ2v) is 2.65. The number of benzene rings is 1. The number of nitro benzene ring substituents is 1. The van der Waals surface area contributed by atoms with Gasteiger partial charge in [-0.2, -0.15) is 0 Å². The van der Waals surface area contributed by atoms with E-state index < -0.39 is 10.8 Å². The Morgan fingerprint density at radius 1 is 1.60 bits per heavy atom. The third-order valence-corrected chi connectivity index (χ3v) is 1.78. The molecular weight excluding hydrogens is 198 g/mol. The van der Waals surface area contributed by atoms with Crippen LogP contribution in [0.2, 0.25) is 0 Å². The molecular formula is C9H7N3O3. The van der Waals surface area contributed by atoms with Crippen LogP contribution in [0, 0.1) is 16.7 Å². The minimum Gasteiger partial charge on any atom is -0.355 e. The molecule has 0 aliphatic rings. The molecule has 15 heavy (non-hydrogen) atoms. The first-order valence-corrected chi connectivity index (χ1v) is 3.98. The van der Waals surface area contributed by atoms with Crippen molar-refractivity contribution in [1.82, 2.24) is 5.32 Å². The molecule has 0 aromatic heterocycles. The molecule has 0 fully saturated rings. The molecule has 1 aromatic carbocycles. The lowest BCUT2D eigenvalue weighted by atomic mass is 10.1. The van der Waals surface area contributed by atoms with Gasteiger partial charge in [-0.1, -0.05) is 6.07 Å². The van der Waals surface area contributed by atoms with E-state index in [1.54, 1.807) is 0 Å². The van der Waals surface area contributed by atoms with Gasteiger partial charge in [0.05, 0.1) is 11.5 Å². The van der Waals surface area contributed by atoms with Crippen LogP contribution in [0.1, 0.15) is 10.4 Å². The molecule has 0 atom stereocenters. The van der Waals surface area contributed by atoms with Crippen LogP contribution in [0.5, 0.6) is 0 Å². The standard InChI is InChI=1S/C9H7N3O3/c1-10-7-4-3-6(9(13)11-2)5-8(7)12(14)15/h3-5H,2H3,(H,11,13). The Bertz CT molecular complexity index is 462. The second kappa shape index (κ2) is 4.19. The zero-order valence-electron chi connectivity index (χ0n) is 7.85. The fourth-order valence-corrected chi connectivity index (χ4v) is 1.05. The van der Waals surface area contributed by atoms with Gasteiger partial charge in [-0.25, -0.2) is 4.85 Å². The van der Waals surface area contributed by atoms with Crippen molar-refractivity contribution in [2.45, 2.75) is 0 Å². The van der Waals surface area contributed by atoms with Crippen molar-refractivity contribution in [3.63, 3.8) is 0 Å². The van der Waals surface area contributed by atoms with Gasteiger partial charge in [0.25, 0.3) is 17.3 Å². The van der Waals surface area contributed by atoms with Crippen LogP contribution in [0.25, 0.3) is 4.85 Å². The summed E-state index contributed by atoms with van der Waals surface area (Å²) in [5.74, 6) is -0.422. The second-order valence-electron chi connectivity index (χ2n) is 2.65. The highest BCUT2D eigenvalue weighted by Crippen LogP contribution is 2.27. The molecule has 0 saturated heterocycles. The van der Waals surface area contributed by atoms with Gasteiger partial charge in [-0.3, -0.25) is 14.9 Å². The van der Waals surface area contributed by atoms with Crippen molar-refractivity contribution in [1.29, 1.82) is 0 Å². The van der Waals surface area contributed by atoms with Crippen LogP contribution < -0.4 is 5.32 Å². The Kier molecular flexibility index (Phi) is 2.98. The molecule has 0 aliphatic carbocycles. The zero-order valence-corrected chi connectivity index (χ0v) is 7.85. The van der Waals surface area contributed by atoms with Crippen molar-refractivity contribution in [3.05, 3.63) is 45.3 Å². The fourth-order valence-electron chi connectivity index (χ4n) is 1.05. The summed E-state index contributed by atoms with van der Waals surface area (Å²) < 4.78 is 0. The van der Waals surface area contributed by atoms with Gasteiger partial charge in [0.2, 0.25) is 0 Å². The molecule has 0 spiro atoms. The summed E-state index contributed by atoms with van der Waals surface area (Å²) in [6, 6.07) is 3.72. The molecule has 1 rings (SSSR count). The van der Waals surface area contributed by atoms with Crippen molar-refractivity contribution in [2.24, 2.45) is 0 Å². The maximum atomic E-state index is 11.2. The van der Waals surface area contributed by atoms with E-state index in [1.807, 2.05) is 0 Å². The predicted molar refractivity (Wildman–Crippen MR) is 52.7 cm³/mol. The van der Waals surface area contributed by atoms with E-state index in [9.17, 15) is 14.9 Å². The summed E-state index contributed by atoms with van der Waals surface area (Å²) in [6.45, 7) is 6.72. The van der Waals surface area contributed by atoms with Crippen molar-refractivity contribution in [2.75, 3.05) is 7.05 Å². The number of amides is 1. The van der Waals surface area contributed by atoms with Gasteiger partial charge in [0.15, 0.2) is 0 Å². The number of hydrogen-bond acceptors (Lipinski definition) is 3. The SMILES string of the molecule is [C-]#[N+]c1ccc(C(=O)NC)cc1[N+](=O)[O-]. The van der Waals surface area contributed by atoms with E-state index in [0.29, 0.717) is 0 Å². The van der Waals surface area contributed by atoms with Crippen molar-refractivity contribution >= 4 is 17.3 Å². The predicted octanol–water partition coefficient (Wildman–Crippen LogP) is 1.51. The van der Waals surface area contributed by atoms with Crippen LogP contribution in [0.4, 0.5) is 11.4 Å². The monoisotopic (exact) mass is 205 g/mol. The lowest BCUT2D eigenvalue weighted by Gasteiger charge is -2.00. The molecule has 0 saturated carbocycles. The smallest absolute Gasteiger partial charge is 0.279 e. The number of carbonyl (C=O) groups excluding carboxylic acids is 1. The van der Waals surface area contributed by atoms with Gasteiger partial charge in [0, 0.05) is 18.7 Å². The summed E-state index contributed by atoms with van der Waals surface area (Å²) in [6.07, 6.45) is 0. The maximum absolute atomic E-state index is 11.2. The largest absolute Gasteiger partial charge is 0.355 e. The van der Waals surface area contributed by atoms with Crippen LogP contribution in [-0.4, -0.2) is 17.9 Å². The van der Waals surface area contributed by atoms with Gasteiger partial charge in [0.1, 0.15) is 0 Å². The highest BCUT2D eigenvalue weighted by molar-refractivity contribution is 5.95. The van der Waals surface area contributed by atoms with E-state index in [2.05, 4.69) is 10.2 Å². The normalized spacial score (nSPS) is 9.07. The van der Waals surface area contributed by atoms with E-state index in [-0.39, 0.29) is 16.9 Å². The number of carbonyl (C=O) groups is 1. The van der Waals surface area contributed by atoms with Crippen molar-refractivity contribution in [3.8, 4) is 0 Å². The average molecular weight is 205 g/mol. The van der Waals surface area contributed by atoms with Crippen LogP contribution >= 0.6 is 0 Å². The minimum atomic E-state index is -0.681. The Balaban J connectivity index is 3.29. The Hall–Kier alpha value is -2.42. The van der Waals surface area contributed by atoms with Gasteiger partial charge in [-0.15, -0.1) is 0 Å². The molecule has 0 radical (unpaired) electrons. The molecule has 1 N–H and O–H groups in total. The van der Waals surface area contributed by atoms with E-state index in [1.165, 1.54) is 19.2 Å². The number of nitrogens with zero attached hydrogens (tertiary/aromatic N) is 2. The number of rotatable bonds is 2. The lowest BCUT2D eigenvalue weighted by Crippen LogP contribution is -2.17. The molecule has 6 nitrogen and oxygen atoms in total. The topological polar surface area (TPSA) is 76.6 Å². The fraction of sp³-hybridized carbons (Fsp3) is 0.111. The highest BCUT2D eigenvalue weighted by atomic mass is 16.6. The van der Waals surface area contributed by atoms with E-state index in [0.717, 1.165) is 6.07 Å². The summed E-state index contributed by atoms with van der Waals surface area (Å²) in [4.78, 5) is 24.1. The number of nitro groups is 1. The van der Waals surface area contributed by atoms with Crippen LogP contribution in [0.3, 0.4) is 0 Å². The maximum Gasteiger partial charge on any atom is 0.279 e.